The van der Waals surface area contributed by atoms with Gasteiger partial charge in [-0.3, -0.25) is 0 Å². The minimum atomic E-state index is 1.07. The van der Waals surface area contributed by atoms with Crippen molar-refractivity contribution in [3.63, 3.8) is 0 Å². The molecule has 0 saturated heterocycles. The maximum Gasteiger partial charge on any atom is 0.0738 e. The molecule has 0 aliphatic heterocycles. The number of nitrogens with zero attached hydrogens (tertiary/aromatic N) is 1. The van der Waals surface area contributed by atoms with E-state index in [1.54, 1.807) is 0 Å². The smallest absolute Gasteiger partial charge is 0.0738 e. The van der Waals surface area contributed by atoms with Crippen molar-refractivity contribution in [1.82, 2.24) is 4.98 Å². The quantitative estimate of drug-likeness (QED) is 0.682. The Bertz CT molecular complexity index is 633. The molecule has 92 valence electrons. The number of para-hydroxylation sites is 1. The number of aryl methyl sites for hydroxylation is 1. The van der Waals surface area contributed by atoms with E-state index < -0.39 is 0 Å². The second kappa shape index (κ2) is 5.18. The maximum atomic E-state index is 4.81. The van der Waals surface area contributed by atoms with Crippen LogP contribution >= 0.6 is 0 Å². The van der Waals surface area contributed by atoms with Crippen LogP contribution in [0.5, 0.6) is 0 Å². The van der Waals surface area contributed by atoms with Crippen molar-refractivity contribution in [3.05, 3.63) is 59.3 Å². The number of fused-ring (bicyclic) bond motifs is 1. The summed E-state index contributed by atoms with van der Waals surface area (Å²) in [5, 5.41) is 1.25. The van der Waals surface area contributed by atoms with E-state index >= 15 is 0 Å². The molecule has 0 amide bonds. The highest BCUT2D eigenvalue weighted by atomic mass is 14.7. The summed E-state index contributed by atoms with van der Waals surface area (Å²) >= 11 is 0. The zero-order chi connectivity index (χ0) is 13.1. The Morgan fingerprint density at radius 3 is 2.44 bits per heavy atom. The Morgan fingerprint density at radius 1 is 1.06 bits per heavy atom. The molecule has 1 heteroatoms. The van der Waals surface area contributed by atoms with Crippen LogP contribution in [0.2, 0.25) is 0 Å². The maximum absolute atomic E-state index is 4.81. The zero-order valence-corrected chi connectivity index (χ0v) is 11.5. The van der Waals surface area contributed by atoms with Gasteiger partial charge in [0.05, 0.1) is 11.2 Å². The molecule has 18 heavy (non-hydrogen) atoms. The van der Waals surface area contributed by atoms with Crippen LogP contribution in [-0.2, 0) is 0 Å². The molecule has 0 bridgehead atoms. The zero-order valence-electron chi connectivity index (χ0n) is 11.5. The summed E-state index contributed by atoms with van der Waals surface area (Å²) in [4.78, 5) is 4.81. The van der Waals surface area contributed by atoms with Gasteiger partial charge in [0.25, 0.3) is 0 Å². The standard InChI is InChI=1S/C17H19N/c1-5-9-14(6-2)17-13(4)12(3)15-10-7-8-11-16(15)18-17/h5-11H,1-4H3. The minimum Gasteiger partial charge on any atom is -0.248 e. The van der Waals surface area contributed by atoms with Crippen LogP contribution in [0.15, 0.2) is 42.5 Å². The molecule has 0 radical (unpaired) electrons. The van der Waals surface area contributed by atoms with Crippen molar-refractivity contribution in [2.45, 2.75) is 27.7 Å². The lowest BCUT2D eigenvalue weighted by Gasteiger charge is -2.12. The molecule has 1 nitrogen and oxygen atoms in total. The summed E-state index contributed by atoms with van der Waals surface area (Å²) in [7, 11) is 0. The average molecular weight is 237 g/mol. The number of pyridine rings is 1. The van der Waals surface area contributed by atoms with E-state index in [1.807, 2.05) is 13.0 Å². The molecule has 0 fully saturated rings. The molecule has 0 aliphatic rings. The first kappa shape index (κ1) is 12.6. The largest absolute Gasteiger partial charge is 0.248 e. The molecule has 0 atom stereocenters. The van der Waals surface area contributed by atoms with Gasteiger partial charge in [-0.15, -0.1) is 0 Å². The second-order valence-corrected chi connectivity index (χ2v) is 4.47. The van der Waals surface area contributed by atoms with Crippen LogP contribution in [0.3, 0.4) is 0 Å². The molecule has 0 aliphatic carbocycles. The van der Waals surface area contributed by atoms with Crippen LogP contribution in [-0.4, -0.2) is 4.98 Å². The van der Waals surface area contributed by atoms with Gasteiger partial charge in [0, 0.05) is 5.39 Å². The molecule has 0 spiro atoms. The highest BCUT2D eigenvalue weighted by molar-refractivity contribution is 5.87. The number of allylic oxidation sites excluding steroid dienone is 4. The average Bonchev–Trinajstić information content (AvgIpc) is 2.40. The Morgan fingerprint density at radius 2 is 1.78 bits per heavy atom. The van der Waals surface area contributed by atoms with E-state index in [0.717, 1.165) is 11.2 Å². The van der Waals surface area contributed by atoms with Crippen LogP contribution in [0, 0.1) is 13.8 Å². The van der Waals surface area contributed by atoms with E-state index in [0.29, 0.717) is 0 Å². The molecule has 1 heterocycles. The number of rotatable bonds is 2. The molecule has 2 rings (SSSR count). The molecule has 1 aromatic carbocycles. The van der Waals surface area contributed by atoms with E-state index in [1.165, 1.54) is 22.1 Å². The Kier molecular flexibility index (Phi) is 3.61. The first-order valence-corrected chi connectivity index (χ1v) is 6.34. The topological polar surface area (TPSA) is 12.9 Å². The Balaban J connectivity index is 2.76. The predicted octanol–water partition coefficient (Wildman–Crippen LogP) is 4.83. The van der Waals surface area contributed by atoms with Gasteiger partial charge in [0.1, 0.15) is 0 Å². The van der Waals surface area contributed by atoms with Gasteiger partial charge in [0.15, 0.2) is 0 Å². The van der Waals surface area contributed by atoms with Crippen molar-refractivity contribution in [2.75, 3.05) is 0 Å². The van der Waals surface area contributed by atoms with E-state index in [-0.39, 0.29) is 0 Å². The summed E-state index contributed by atoms with van der Waals surface area (Å²) in [5.74, 6) is 0. The van der Waals surface area contributed by atoms with Crippen molar-refractivity contribution >= 4 is 16.5 Å². The summed E-state index contributed by atoms with van der Waals surface area (Å²) in [6, 6.07) is 8.32. The highest BCUT2D eigenvalue weighted by Gasteiger charge is 2.09. The highest BCUT2D eigenvalue weighted by Crippen LogP contribution is 2.26. The normalized spacial score (nSPS) is 12.6. The molecule has 2 aromatic rings. The summed E-state index contributed by atoms with van der Waals surface area (Å²) < 4.78 is 0. The molecule has 0 N–H and O–H groups in total. The molecule has 0 unspecified atom stereocenters. The molecular weight excluding hydrogens is 218 g/mol. The molecular formula is C17H19N. The molecule has 1 aromatic heterocycles. The van der Waals surface area contributed by atoms with Crippen LogP contribution < -0.4 is 0 Å². The predicted molar refractivity (Wildman–Crippen MR) is 79.7 cm³/mol. The van der Waals surface area contributed by atoms with Crippen molar-refractivity contribution in [3.8, 4) is 0 Å². The number of hydrogen-bond donors (Lipinski definition) is 0. The second-order valence-electron chi connectivity index (χ2n) is 4.47. The third-order valence-corrected chi connectivity index (χ3v) is 3.39. The van der Waals surface area contributed by atoms with Crippen LogP contribution in [0.25, 0.3) is 16.5 Å². The van der Waals surface area contributed by atoms with Gasteiger partial charge in [-0.2, -0.15) is 0 Å². The van der Waals surface area contributed by atoms with E-state index in [4.69, 9.17) is 4.98 Å². The lowest BCUT2D eigenvalue weighted by Crippen LogP contribution is -1.97. The van der Waals surface area contributed by atoms with Crippen molar-refractivity contribution in [1.29, 1.82) is 0 Å². The SMILES string of the molecule is CC=CC(=CC)c1nc2ccccc2c(C)c1C. The molecule has 0 saturated carbocycles. The fraction of sp³-hybridized carbons (Fsp3) is 0.235. The van der Waals surface area contributed by atoms with Gasteiger partial charge in [0.2, 0.25) is 0 Å². The fourth-order valence-corrected chi connectivity index (χ4v) is 2.24. The van der Waals surface area contributed by atoms with E-state index in [2.05, 4.69) is 57.2 Å². The Hall–Kier alpha value is -1.89. The number of aromatic nitrogens is 1. The van der Waals surface area contributed by atoms with Crippen LogP contribution in [0.4, 0.5) is 0 Å². The summed E-state index contributed by atoms with van der Waals surface area (Å²) in [6.45, 7) is 8.41. The van der Waals surface area contributed by atoms with Crippen molar-refractivity contribution in [2.24, 2.45) is 0 Å². The summed E-state index contributed by atoms with van der Waals surface area (Å²) in [5.41, 5.74) is 5.93. The minimum absolute atomic E-state index is 1.07. The first-order chi connectivity index (χ1) is 8.69. The lowest BCUT2D eigenvalue weighted by molar-refractivity contribution is 1.23. The lowest BCUT2D eigenvalue weighted by atomic mass is 9.98. The third kappa shape index (κ3) is 2.08. The fourth-order valence-electron chi connectivity index (χ4n) is 2.24. The van der Waals surface area contributed by atoms with Crippen molar-refractivity contribution < 1.29 is 0 Å². The van der Waals surface area contributed by atoms with Gasteiger partial charge in [-0.1, -0.05) is 36.4 Å². The van der Waals surface area contributed by atoms with E-state index in [9.17, 15) is 0 Å². The monoisotopic (exact) mass is 237 g/mol. The number of hydrogen-bond acceptors (Lipinski definition) is 1. The van der Waals surface area contributed by atoms with Gasteiger partial charge < -0.3 is 0 Å². The van der Waals surface area contributed by atoms with Crippen LogP contribution in [0.1, 0.15) is 30.7 Å². The van der Waals surface area contributed by atoms with Gasteiger partial charge >= 0.3 is 0 Å². The third-order valence-electron chi connectivity index (χ3n) is 3.39. The van der Waals surface area contributed by atoms with Gasteiger partial charge in [-0.25, -0.2) is 4.98 Å². The first-order valence-electron chi connectivity index (χ1n) is 6.34. The Labute approximate surface area is 109 Å². The summed E-state index contributed by atoms with van der Waals surface area (Å²) in [6.07, 6.45) is 6.29. The van der Waals surface area contributed by atoms with Gasteiger partial charge in [-0.05, 0) is 50.5 Å². The number of benzene rings is 1.